The van der Waals surface area contributed by atoms with Gasteiger partial charge in [0.25, 0.3) is 0 Å². The second-order valence-corrected chi connectivity index (χ2v) is 8.09. The van der Waals surface area contributed by atoms with Gasteiger partial charge in [-0.25, -0.2) is 0 Å². The molecular weight excluding hydrogens is 260 g/mol. The highest BCUT2D eigenvalue weighted by Crippen LogP contribution is 2.34. The van der Waals surface area contributed by atoms with Gasteiger partial charge >= 0.3 is 0 Å². The lowest BCUT2D eigenvalue weighted by Gasteiger charge is -2.47. The van der Waals surface area contributed by atoms with Crippen molar-refractivity contribution in [1.29, 1.82) is 0 Å². The molecule has 2 rings (SSSR count). The molecule has 1 heterocycles. The van der Waals surface area contributed by atoms with Crippen molar-refractivity contribution in [3.8, 4) is 0 Å². The van der Waals surface area contributed by atoms with Gasteiger partial charge in [0.1, 0.15) is 0 Å². The molecule has 21 heavy (non-hydrogen) atoms. The lowest BCUT2D eigenvalue weighted by molar-refractivity contribution is 0.0290. The molecule has 2 aliphatic rings. The van der Waals surface area contributed by atoms with E-state index in [4.69, 9.17) is 4.74 Å². The summed E-state index contributed by atoms with van der Waals surface area (Å²) in [6.45, 7) is 14.4. The van der Waals surface area contributed by atoms with Crippen LogP contribution in [0.25, 0.3) is 0 Å². The van der Waals surface area contributed by atoms with Gasteiger partial charge < -0.3 is 10.1 Å². The van der Waals surface area contributed by atoms with Crippen LogP contribution in [0.3, 0.4) is 0 Å². The lowest BCUT2D eigenvalue weighted by Crippen LogP contribution is -2.63. The highest BCUT2D eigenvalue weighted by atomic mass is 16.5. The molecule has 1 atom stereocenters. The first-order chi connectivity index (χ1) is 10.0. The zero-order valence-electron chi connectivity index (χ0n) is 14.7. The maximum absolute atomic E-state index is 5.84. The molecule has 124 valence electrons. The van der Waals surface area contributed by atoms with E-state index in [0.717, 1.165) is 25.7 Å². The van der Waals surface area contributed by atoms with E-state index in [0.29, 0.717) is 17.5 Å². The van der Waals surface area contributed by atoms with E-state index >= 15 is 0 Å². The fourth-order valence-corrected chi connectivity index (χ4v) is 3.96. The Hall–Kier alpha value is -0.120. The van der Waals surface area contributed by atoms with Crippen LogP contribution in [0.4, 0.5) is 0 Å². The van der Waals surface area contributed by atoms with Gasteiger partial charge in [-0.3, -0.25) is 4.90 Å². The second-order valence-electron chi connectivity index (χ2n) is 8.09. The number of hydrogen-bond acceptors (Lipinski definition) is 3. The Bertz CT molecular complexity index is 298. The summed E-state index contributed by atoms with van der Waals surface area (Å²) in [4.78, 5) is 2.72. The van der Waals surface area contributed by atoms with Crippen LogP contribution in [0.5, 0.6) is 0 Å². The van der Waals surface area contributed by atoms with Crippen LogP contribution in [0.15, 0.2) is 0 Å². The molecule has 0 radical (unpaired) electrons. The Kier molecular flexibility index (Phi) is 6.51. The van der Waals surface area contributed by atoms with Gasteiger partial charge in [0.2, 0.25) is 0 Å². The SMILES string of the molecule is CC(C)COCCN1CC2(CCCC2)NCC1CC(C)C. The Morgan fingerprint density at radius 2 is 1.86 bits per heavy atom. The molecule has 1 spiro atoms. The minimum Gasteiger partial charge on any atom is -0.380 e. The molecule has 1 aliphatic carbocycles. The van der Waals surface area contributed by atoms with Gasteiger partial charge in [-0.2, -0.15) is 0 Å². The third kappa shape index (κ3) is 5.22. The zero-order chi connectivity index (χ0) is 15.3. The highest BCUT2D eigenvalue weighted by Gasteiger charge is 2.40. The fraction of sp³-hybridized carbons (Fsp3) is 1.00. The van der Waals surface area contributed by atoms with Gasteiger partial charge in [-0.15, -0.1) is 0 Å². The molecule has 1 N–H and O–H groups in total. The normalized spacial score (nSPS) is 26.3. The summed E-state index contributed by atoms with van der Waals surface area (Å²) in [7, 11) is 0. The van der Waals surface area contributed by atoms with Crippen LogP contribution in [-0.4, -0.2) is 49.3 Å². The van der Waals surface area contributed by atoms with E-state index in [1.807, 2.05) is 0 Å². The standard InChI is InChI=1S/C18H36N2O/c1-15(2)11-17-12-19-18(7-5-6-8-18)14-20(17)9-10-21-13-16(3)4/h15-17,19H,5-14H2,1-4H3. The minimum atomic E-state index is 0.422. The number of piperazine rings is 1. The van der Waals surface area contributed by atoms with E-state index in [9.17, 15) is 0 Å². The average Bonchev–Trinajstić information content (AvgIpc) is 2.85. The van der Waals surface area contributed by atoms with E-state index in [2.05, 4.69) is 37.9 Å². The molecule has 3 nitrogen and oxygen atoms in total. The van der Waals surface area contributed by atoms with Crippen LogP contribution in [0.2, 0.25) is 0 Å². The smallest absolute Gasteiger partial charge is 0.0593 e. The van der Waals surface area contributed by atoms with Gasteiger partial charge in [0, 0.05) is 37.8 Å². The number of rotatable bonds is 7. The monoisotopic (exact) mass is 296 g/mol. The zero-order valence-corrected chi connectivity index (χ0v) is 14.7. The third-order valence-electron chi connectivity index (χ3n) is 5.01. The first kappa shape index (κ1) is 17.2. The van der Waals surface area contributed by atoms with Crippen LogP contribution in [-0.2, 0) is 4.74 Å². The topological polar surface area (TPSA) is 24.5 Å². The van der Waals surface area contributed by atoms with Crippen molar-refractivity contribution in [2.45, 2.75) is 71.4 Å². The summed E-state index contributed by atoms with van der Waals surface area (Å²) in [5, 5.41) is 3.91. The van der Waals surface area contributed by atoms with E-state index in [-0.39, 0.29) is 0 Å². The molecule has 2 fully saturated rings. The van der Waals surface area contributed by atoms with Crippen molar-refractivity contribution < 1.29 is 4.74 Å². The first-order valence-corrected chi connectivity index (χ1v) is 9.07. The summed E-state index contributed by atoms with van der Waals surface area (Å²) in [5.41, 5.74) is 0.422. The fourth-order valence-electron chi connectivity index (χ4n) is 3.96. The summed E-state index contributed by atoms with van der Waals surface area (Å²) < 4.78 is 5.84. The van der Waals surface area contributed by atoms with Crippen LogP contribution in [0.1, 0.15) is 59.8 Å². The quantitative estimate of drug-likeness (QED) is 0.730. The van der Waals surface area contributed by atoms with Crippen molar-refractivity contribution in [2.24, 2.45) is 11.8 Å². The van der Waals surface area contributed by atoms with Crippen molar-refractivity contribution in [1.82, 2.24) is 10.2 Å². The molecule has 3 heteroatoms. The van der Waals surface area contributed by atoms with E-state index < -0.39 is 0 Å². The van der Waals surface area contributed by atoms with Crippen molar-refractivity contribution >= 4 is 0 Å². The molecule has 0 aromatic rings. The van der Waals surface area contributed by atoms with Crippen molar-refractivity contribution in [2.75, 3.05) is 32.8 Å². The van der Waals surface area contributed by atoms with E-state index in [1.165, 1.54) is 45.2 Å². The maximum Gasteiger partial charge on any atom is 0.0593 e. The van der Waals surface area contributed by atoms with Crippen LogP contribution in [0, 0.1) is 11.8 Å². The Morgan fingerprint density at radius 3 is 2.48 bits per heavy atom. The van der Waals surface area contributed by atoms with Gasteiger partial charge in [0.05, 0.1) is 6.61 Å². The van der Waals surface area contributed by atoms with Crippen LogP contribution < -0.4 is 5.32 Å². The largest absolute Gasteiger partial charge is 0.380 e. The van der Waals surface area contributed by atoms with Crippen molar-refractivity contribution in [3.05, 3.63) is 0 Å². The molecule has 0 bridgehead atoms. The van der Waals surface area contributed by atoms with Gasteiger partial charge in [-0.05, 0) is 31.1 Å². The number of hydrogen-bond donors (Lipinski definition) is 1. The Labute approximate surface area is 131 Å². The Balaban J connectivity index is 1.86. The molecular formula is C18H36N2O. The molecule has 0 amide bonds. The molecule has 1 aliphatic heterocycles. The average molecular weight is 296 g/mol. The minimum absolute atomic E-state index is 0.422. The number of nitrogens with one attached hydrogen (secondary N) is 1. The second kappa shape index (κ2) is 7.94. The maximum atomic E-state index is 5.84. The molecule has 1 unspecified atom stereocenters. The highest BCUT2D eigenvalue weighted by molar-refractivity contribution is 5.01. The van der Waals surface area contributed by atoms with E-state index in [1.54, 1.807) is 0 Å². The molecule has 0 aromatic heterocycles. The van der Waals surface area contributed by atoms with Gasteiger partial charge in [-0.1, -0.05) is 40.5 Å². The van der Waals surface area contributed by atoms with Gasteiger partial charge in [0.15, 0.2) is 0 Å². The predicted molar refractivity (Wildman–Crippen MR) is 89.7 cm³/mol. The third-order valence-corrected chi connectivity index (χ3v) is 5.01. The lowest BCUT2D eigenvalue weighted by atomic mass is 9.90. The molecule has 0 aromatic carbocycles. The number of nitrogens with zero attached hydrogens (tertiary/aromatic N) is 1. The van der Waals surface area contributed by atoms with Crippen molar-refractivity contribution in [3.63, 3.8) is 0 Å². The predicted octanol–water partition coefficient (Wildman–Crippen LogP) is 3.29. The Morgan fingerprint density at radius 1 is 1.14 bits per heavy atom. The molecule has 1 saturated carbocycles. The summed E-state index contributed by atoms with van der Waals surface area (Å²) in [6.07, 6.45) is 6.84. The summed E-state index contributed by atoms with van der Waals surface area (Å²) >= 11 is 0. The summed E-state index contributed by atoms with van der Waals surface area (Å²) in [6, 6.07) is 0.693. The molecule has 1 saturated heterocycles. The summed E-state index contributed by atoms with van der Waals surface area (Å²) in [5.74, 6) is 1.41. The first-order valence-electron chi connectivity index (χ1n) is 9.07. The van der Waals surface area contributed by atoms with Crippen LogP contribution >= 0.6 is 0 Å². The number of ether oxygens (including phenoxy) is 1.